The second-order valence-corrected chi connectivity index (χ2v) is 23.5. The maximum atomic E-state index is 7.44. The van der Waals surface area contributed by atoms with Gasteiger partial charge in [-0.2, -0.15) is 0 Å². The Morgan fingerprint density at radius 3 is 1.42 bits per heavy atom. The van der Waals surface area contributed by atoms with Gasteiger partial charge in [0.2, 0.25) is 0 Å². The average Bonchev–Trinajstić information content (AvgIpc) is 3.98. The fourth-order valence-corrected chi connectivity index (χ4v) is 12.2. The zero-order valence-corrected chi connectivity index (χ0v) is 43.5. The van der Waals surface area contributed by atoms with Crippen LogP contribution in [0, 0.1) is 0 Å². The Balaban J connectivity index is 1.02. The molecule has 3 heterocycles. The van der Waals surface area contributed by atoms with Crippen LogP contribution in [0.5, 0.6) is 0 Å². The molecule has 11 aromatic rings. The first kappa shape index (κ1) is 44.9. The first-order valence-corrected chi connectivity index (χ1v) is 25.8. The van der Waals surface area contributed by atoms with Crippen molar-refractivity contribution in [2.24, 2.45) is 0 Å². The first-order valence-electron chi connectivity index (χ1n) is 25.8. The Morgan fingerprint density at radius 1 is 0.384 bits per heavy atom. The van der Waals surface area contributed by atoms with Gasteiger partial charge in [0.15, 0.2) is 5.58 Å². The van der Waals surface area contributed by atoms with Crippen molar-refractivity contribution in [3.8, 4) is 22.3 Å². The molecule has 0 fully saturated rings. The Kier molecular flexibility index (Phi) is 9.68. The van der Waals surface area contributed by atoms with Gasteiger partial charge in [0, 0.05) is 78.9 Å². The third kappa shape index (κ3) is 6.81. The highest BCUT2D eigenvalue weighted by Crippen LogP contribution is 2.53. The van der Waals surface area contributed by atoms with E-state index in [0.29, 0.717) is 0 Å². The highest BCUT2D eigenvalue weighted by molar-refractivity contribution is 6.31. The lowest BCUT2D eigenvalue weighted by atomic mass is 9.85. The monoisotopic (exact) mass is 948 g/mol. The predicted octanol–water partition coefficient (Wildman–Crippen LogP) is 18.8. The van der Waals surface area contributed by atoms with E-state index in [4.69, 9.17) is 14.4 Å². The molecule has 0 atom stereocenters. The molecule has 2 aliphatic carbocycles. The van der Waals surface area contributed by atoms with Gasteiger partial charge < -0.3 is 14.2 Å². The lowest BCUT2D eigenvalue weighted by Gasteiger charge is -2.29. The van der Waals surface area contributed by atoms with Crippen molar-refractivity contribution in [3.63, 3.8) is 0 Å². The lowest BCUT2D eigenvalue weighted by molar-refractivity contribution is 0.590. The molecule has 0 saturated carbocycles. The quantitative estimate of drug-likeness (QED) is 0.155. The fraction of sp³-hybridized carbons (Fsp3) is 0.206. The molecule has 5 nitrogen and oxygen atoms in total. The van der Waals surface area contributed by atoms with E-state index in [-0.39, 0.29) is 21.7 Å². The number of anilines is 6. The van der Waals surface area contributed by atoms with Gasteiger partial charge in [-0.1, -0.05) is 154 Å². The summed E-state index contributed by atoms with van der Waals surface area (Å²) in [7, 11) is 0. The first-order chi connectivity index (χ1) is 35.0. The number of fused-ring (bicyclic) bond motifs is 14. The van der Waals surface area contributed by atoms with Gasteiger partial charge in [-0.15, -0.1) is 0 Å². The Labute approximate surface area is 428 Å². The van der Waals surface area contributed by atoms with E-state index in [1.54, 1.807) is 0 Å². The Bertz CT molecular complexity index is 4050. The third-order valence-corrected chi connectivity index (χ3v) is 16.2. The summed E-state index contributed by atoms with van der Waals surface area (Å²) in [5.41, 5.74) is 19.9. The van der Waals surface area contributed by atoms with Crippen LogP contribution in [0.2, 0.25) is 0 Å². The molecule has 358 valence electrons. The van der Waals surface area contributed by atoms with Crippen molar-refractivity contribution in [2.75, 3.05) is 9.80 Å². The molecule has 5 heteroatoms. The number of nitrogens with zero attached hydrogens (tertiary/aromatic N) is 4. The van der Waals surface area contributed by atoms with Gasteiger partial charge >= 0.3 is 0 Å². The number of hydrogen-bond donors (Lipinski definition) is 0. The summed E-state index contributed by atoms with van der Waals surface area (Å²) in [6.07, 6.45) is 3.84. The molecular formula is C68H60N4O. The molecule has 0 bridgehead atoms. The third-order valence-electron chi connectivity index (χ3n) is 16.2. The minimum atomic E-state index is -0.266. The molecule has 0 aliphatic heterocycles. The van der Waals surface area contributed by atoms with Crippen LogP contribution in [0.1, 0.15) is 103 Å². The molecule has 0 unspecified atom stereocenters. The second kappa shape index (κ2) is 15.7. The van der Waals surface area contributed by atoms with Crippen molar-refractivity contribution in [1.82, 2.24) is 9.97 Å². The molecule has 3 aromatic heterocycles. The van der Waals surface area contributed by atoms with Crippen molar-refractivity contribution < 1.29 is 4.42 Å². The standard InChI is InChI=1S/C68H60N4O/c1-65(2,3)41-22-26-43(27-23-41)71(46-30-33-49-53-19-14-36-69-63(53)67(7,8)57(49)39-46)45-32-35-52-56(38-45)48-16-11-12-17-51(48)60-55-18-13-21-59(61(55)73-62(52)60)72(44-28-24-42(25-29-44)66(4,5)6)47-31-34-50-54-20-15-37-70-64(54)68(9,10)58(50)40-47/h11-40H,1-10H3. The van der Waals surface area contributed by atoms with E-state index in [9.17, 15) is 0 Å². The predicted molar refractivity (Wildman–Crippen MR) is 306 cm³/mol. The summed E-state index contributed by atoms with van der Waals surface area (Å²) >= 11 is 0. The summed E-state index contributed by atoms with van der Waals surface area (Å²) in [5, 5.41) is 6.76. The van der Waals surface area contributed by atoms with Crippen molar-refractivity contribution in [2.45, 2.75) is 90.9 Å². The summed E-state index contributed by atoms with van der Waals surface area (Å²) in [6.45, 7) is 22.8. The molecule has 0 amide bonds. The number of rotatable bonds is 6. The summed E-state index contributed by atoms with van der Waals surface area (Å²) < 4.78 is 7.44. The summed E-state index contributed by atoms with van der Waals surface area (Å²) in [4.78, 5) is 14.6. The van der Waals surface area contributed by atoms with Crippen molar-refractivity contribution in [3.05, 3.63) is 216 Å². The average molecular weight is 949 g/mol. The second-order valence-electron chi connectivity index (χ2n) is 23.5. The molecular weight excluding hydrogens is 889 g/mol. The highest BCUT2D eigenvalue weighted by Gasteiger charge is 2.39. The van der Waals surface area contributed by atoms with Gasteiger partial charge in [0.25, 0.3) is 0 Å². The molecule has 73 heavy (non-hydrogen) atoms. The smallest absolute Gasteiger partial charge is 0.159 e. The number of benzene rings is 8. The van der Waals surface area contributed by atoms with E-state index in [1.165, 1.54) is 49.9 Å². The minimum absolute atomic E-state index is 0.0106. The normalized spacial score (nSPS) is 14.4. The minimum Gasteiger partial charge on any atom is -0.453 e. The molecule has 0 N–H and O–H groups in total. The van der Waals surface area contributed by atoms with Gasteiger partial charge in [-0.05, 0) is 145 Å². The number of aromatic nitrogens is 2. The molecule has 0 radical (unpaired) electrons. The van der Waals surface area contributed by atoms with Crippen LogP contribution in [0.25, 0.3) is 65.7 Å². The molecule has 0 saturated heterocycles. The number of pyridine rings is 2. The lowest BCUT2D eigenvalue weighted by Crippen LogP contribution is -2.18. The van der Waals surface area contributed by atoms with Gasteiger partial charge in [-0.25, -0.2) is 0 Å². The van der Waals surface area contributed by atoms with E-state index in [1.807, 2.05) is 24.5 Å². The van der Waals surface area contributed by atoms with Crippen LogP contribution < -0.4 is 9.80 Å². The SMILES string of the molecule is CC(C)(C)c1ccc(N(c2ccc3c(c2)C(C)(C)c2ncccc2-3)c2ccc3c(c2)c2ccccc2c2c4cccc(N(c5ccc(C(C)(C)C)cc5)c5ccc6c(c5)C(C)(C)c5ncccc5-6)c4oc32)cc1. The van der Waals surface area contributed by atoms with E-state index >= 15 is 0 Å². The zero-order valence-electron chi connectivity index (χ0n) is 43.5. The van der Waals surface area contributed by atoms with E-state index in [2.05, 4.69) is 237 Å². The summed E-state index contributed by atoms with van der Waals surface area (Å²) in [6, 6.07) is 63.1. The largest absolute Gasteiger partial charge is 0.453 e. The summed E-state index contributed by atoms with van der Waals surface area (Å²) in [5.74, 6) is 0. The number of hydrogen-bond acceptors (Lipinski definition) is 5. The van der Waals surface area contributed by atoms with Crippen LogP contribution in [0.15, 0.2) is 187 Å². The van der Waals surface area contributed by atoms with Gasteiger partial charge in [-0.3, -0.25) is 9.97 Å². The zero-order chi connectivity index (χ0) is 50.3. The van der Waals surface area contributed by atoms with Crippen LogP contribution in [-0.4, -0.2) is 9.97 Å². The van der Waals surface area contributed by atoms with Crippen molar-refractivity contribution in [1.29, 1.82) is 0 Å². The Hall–Kier alpha value is -8.02. The molecule has 13 rings (SSSR count). The van der Waals surface area contributed by atoms with Gasteiger partial charge in [0.05, 0.1) is 17.1 Å². The van der Waals surface area contributed by atoms with Crippen molar-refractivity contribution >= 4 is 77.6 Å². The maximum absolute atomic E-state index is 7.44. The molecule has 2 aliphatic rings. The van der Waals surface area contributed by atoms with Crippen LogP contribution in [0.3, 0.4) is 0 Å². The van der Waals surface area contributed by atoms with Crippen LogP contribution in [0.4, 0.5) is 34.1 Å². The van der Waals surface area contributed by atoms with Crippen LogP contribution >= 0.6 is 0 Å². The molecule has 0 spiro atoms. The van der Waals surface area contributed by atoms with E-state index in [0.717, 1.165) is 83.6 Å². The van der Waals surface area contributed by atoms with Crippen LogP contribution in [-0.2, 0) is 21.7 Å². The maximum Gasteiger partial charge on any atom is 0.159 e. The number of para-hydroxylation sites is 1. The highest BCUT2D eigenvalue weighted by atomic mass is 16.3. The van der Waals surface area contributed by atoms with E-state index < -0.39 is 0 Å². The fourth-order valence-electron chi connectivity index (χ4n) is 12.2. The van der Waals surface area contributed by atoms with Gasteiger partial charge in [0.1, 0.15) is 5.58 Å². The molecule has 8 aromatic carbocycles. The topological polar surface area (TPSA) is 45.4 Å². The Morgan fingerprint density at radius 2 is 0.863 bits per heavy atom. The number of furan rings is 1.